The van der Waals surface area contributed by atoms with Crippen LogP contribution in [0, 0.1) is 0 Å². The number of hydrogen-bond donors (Lipinski definition) is 2. The van der Waals surface area contributed by atoms with Gasteiger partial charge in [0.25, 0.3) is 11.9 Å². The number of methoxy groups -OCH3 is 1. The van der Waals surface area contributed by atoms with E-state index >= 15 is 0 Å². The Morgan fingerprint density at radius 1 is 1.06 bits per heavy atom. The molecule has 3 aromatic carbocycles. The van der Waals surface area contributed by atoms with Gasteiger partial charge in [-0.3, -0.25) is 10.1 Å². The Kier molecular flexibility index (Phi) is 6.32. The lowest BCUT2D eigenvalue weighted by atomic mass is 10.0. The summed E-state index contributed by atoms with van der Waals surface area (Å²) >= 11 is 6.10. The minimum absolute atomic E-state index is 0.207. The number of ether oxygens (including phenoxy) is 1. The summed E-state index contributed by atoms with van der Waals surface area (Å²) in [6.07, 6.45) is 5.24. The SMILES string of the molecule is COc1ccc(/C=C/C(=O)Nc2nc3n(n2)C(c2ccc(Cl)cc2)C=C(c2ccccc2)N3)cc1. The highest BCUT2D eigenvalue weighted by Gasteiger charge is 2.25. The van der Waals surface area contributed by atoms with Gasteiger partial charge in [-0.25, -0.2) is 4.68 Å². The van der Waals surface area contributed by atoms with Gasteiger partial charge in [0.05, 0.1) is 7.11 Å². The molecule has 1 amide bonds. The number of carbonyl (C=O) groups is 1. The number of nitrogens with zero attached hydrogens (tertiary/aromatic N) is 3. The Labute approximate surface area is 207 Å². The molecule has 0 fully saturated rings. The third kappa shape index (κ3) is 5.10. The third-order valence-electron chi connectivity index (χ3n) is 5.54. The van der Waals surface area contributed by atoms with Gasteiger partial charge in [0, 0.05) is 16.8 Å². The molecule has 7 nitrogen and oxygen atoms in total. The number of aromatic nitrogens is 3. The number of anilines is 2. The first kappa shape index (κ1) is 22.4. The van der Waals surface area contributed by atoms with Crippen molar-refractivity contribution in [2.24, 2.45) is 0 Å². The molecular formula is C27H22ClN5O2. The minimum Gasteiger partial charge on any atom is -0.497 e. The molecule has 35 heavy (non-hydrogen) atoms. The molecule has 5 rings (SSSR count). The Morgan fingerprint density at radius 2 is 1.80 bits per heavy atom. The van der Waals surface area contributed by atoms with E-state index < -0.39 is 0 Å². The van der Waals surface area contributed by atoms with Crippen LogP contribution in [0.25, 0.3) is 11.8 Å². The summed E-state index contributed by atoms with van der Waals surface area (Å²) in [5.41, 5.74) is 3.79. The predicted molar refractivity (Wildman–Crippen MR) is 138 cm³/mol. The molecular weight excluding hydrogens is 462 g/mol. The fraction of sp³-hybridized carbons (Fsp3) is 0.0741. The number of carbonyl (C=O) groups excluding carboxylic acids is 1. The number of rotatable bonds is 6. The Hall–Kier alpha value is -4.36. The first-order valence-corrected chi connectivity index (χ1v) is 11.4. The minimum atomic E-state index is -0.331. The third-order valence-corrected chi connectivity index (χ3v) is 5.79. The molecule has 174 valence electrons. The lowest BCUT2D eigenvalue weighted by Crippen LogP contribution is -2.20. The lowest BCUT2D eigenvalue weighted by Gasteiger charge is -2.24. The number of nitrogens with one attached hydrogen (secondary N) is 2. The van der Waals surface area contributed by atoms with Crippen LogP contribution in [0.3, 0.4) is 0 Å². The summed E-state index contributed by atoms with van der Waals surface area (Å²) in [7, 11) is 1.61. The quantitative estimate of drug-likeness (QED) is 0.346. The standard InChI is InChI=1S/C27H22ClN5O2/c1-35-22-14-7-18(8-15-22)9-16-25(34)30-26-31-27-29-23(19-5-3-2-4-6-19)17-24(33(27)32-26)20-10-12-21(28)13-11-20/h2-17,24H,1H3,(H2,29,30,31,32,34)/b16-9+. The number of benzene rings is 3. The highest BCUT2D eigenvalue weighted by molar-refractivity contribution is 6.30. The number of halogens is 1. The molecule has 0 spiro atoms. The van der Waals surface area contributed by atoms with E-state index in [1.807, 2.05) is 78.9 Å². The first-order chi connectivity index (χ1) is 17.1. The van der Waals surface area contributed by atoms with Gasteiger partial charge >= 0.3 is 0 Å². The maximum atomic E-state index is 12.5. The van der Waals surface area contributed by atoms with Crippen LogP contribution in [-0.2, 0) is 4.79 Å². The molecule has 1 aromatic heterocycles. The van der Waals surface area contributed by atoms with Gasteiger partial charge in [-0.15, -0.1) is 5.10 Å². The molecule has 0 saturated heterocycles. The fourth-order valence-corrected chi connectivity index (χ4v) is 3.89. The number of amides is 1. The molecule has 0 aliphatic carbocycles. The summed E-state index contributed by atoms with van der Waals surface area (Å²) in [6, 6.07) is 24.8. The van der Waals surface area contributed by atoms with Crippen molar-refractivity contribution in [3.8, 4) is 5.75 Å². The summed E-state index contributed by atoms with van der Waals surface area (Å²) in [5, 5.41) is 11.3. The second-order valence-corrected chi connectivity index (χ2v) is 8.30. The molecule has 1 aliphatic heterocycles. The second-order valence-electron chi connectivity index (χ2n) is 7.87. The Balaban J connectivity index is 1.40. The van der Waals surface area contributed by atoms with Crippen molar-refractivity contribution in [1.29, 1.82) is 0 Å². The van der Waals surface area contributed by atoms with E-state index in [4.69, 9.17) is 16.3 Å². The average molecular weight is 484 g/mol. The largest absolute Gasteiger partial charge is 0.497 e. The zero-order valence-corrected chi connectivity index (χ0v) is 19.6. The maximum absolute atomic E-state index is 12.5. The molecule has 0 bridgehead atoms. The molecule has 0 radical (unpaired) electrons. The highest BCUT2D eigenvalue weighted by Crippen LogP contribution is 2.33. The van der Waals surface area contributed by atoms with Crippen molar-refractivity contribution in [3.05, 3.63) is 113 Å². The van der Waals surface area contributed by atoms with Gasteiger partial charge in [0.15, 0.2) is 0 Å². The van der Waals surface area contributed by atoms with Crippen LogP contribution < -0.4 is 15.4 Å². The van der Waals surface area contributed by atoms with Crippen molar-refractivity contribution >= 4 is 41.2 Å². The lowest BCUT2D eigenvalue weighted by molar-refractivity contribution is -0.111. The smallest absolute Gasteiger partial charge is 0.250 e. The summed E-state index contributed by atoms with van der Waals surface area (Å²) in [6.45, 7) is 0. The van der Waals surface area contributed by atoms with Crippen molar-refractivity contribution in [2.45, 2.75) is 6.04 Å². The molecule has 1 unspecified atom stereocenters. The van der Waals surface area contributed by atoms with Crippen LogP contribution in [0.1, 0.15) is 22.7 Å². The van der Waals surface area contributed by atoms with Crippen LogP contribution in [0.2, 0.25) is 5.02 Å². The van der Waals surface area contributed by atoms with Gasteiger partial charge in [0.2, 0.25) is 5.95 Å². The fourth-order valence-electron chi connectivity index (χ4n) is 3.77. The second kappa shape index (κ2) is 9.87. The van der Waals surface area contributed by atoms with E-state index in [0.29, 0.717) is 11.0 Å². The normalized spacial score (nSPS) is 14.7. The monoisotopic (exact) mass is 483 g/mol. The highest BCUT2D eigenvalue weighted by atomic mass is 35.5. The van der Waals surface area contributed by atoms with Crippen molar-refractivity contribution in [3.63, 3.8) is 0 Å². The number of fused-ring (bicyclic) bond motifs is 1. The van der Waals surface area contributed by atoms with Crippen LogP contribution in [0.4, 0.5) is 11.9 Å². The van der Waals surface area contributed by atoms with Gasteiger partial charge in [-0.1, -0.05) is 66.2 Å². The molecule has 0 saturated carbocycles. The van der Waals surface area contributed by atoms with Crippen molar-refractivity contribution < 1.29 is 9.53 Å². The van der Waals surface area contributed by atoms with Crippen LogP contribution in [0.5, 0.6) is 5.75 Å². The molecule has 1 atom stereocenters. The van der Waals surface area contributed by atoms with E-state index in [1.165, 1.54) is 6.08 Å². The van der Waals surface area contributed by atoms with Gasteiger partial charge in [-0.05, 0) is 53.1 Å². The zero-order chi connectivity index (χ0) is 24.2. The number of allylic oxidation sites excluding steroid dienone is 1. The van der Waals surface area contributed by atoms with Crippen LogP contribution in [-0.4, -0.2) is 27.8 Å². The van der Waals surface area contributed by atoms with Crippen molar-refractivity contribution in [2.75, 3.05) is 17.7 Å². The van der Waals surface area contributed by atoms with Gasteiger partial charge in [-0.2, -0.15) is 4.98 Å². The Bertz CT molecular complexity index is 1390. The number of hydrogen-bond acceptors (Lipinski definition) is 5. The van der Waals surface area contributed by atoms with Gasteiger partial charge in [0.1, 0.15) is 11.8 Å². The molecule has 2 N–H and O–H groups in total. The summed E-state index contributed by atoms with van der Waals surface area (Å²) in [4.78, 5) is 17.1. The van der Waals surface area contributed by atoms with Crippen molar-refractivity contribution in [1.82, 2.24) is 14.8 Å². The van der Waals surface area contributed by atoms with E-state index in [-0.39, 0.29) is 17.9 Å². The molecule has 4 aromatic rings. The average Bonchev–Trinajstić information content (AvgIpc) is 3.30. The maximum Gasteiger partial charge on any atom is 0.250 e. The van der Waals surface area contributed by atoms with Crippen LogP contribution >= 0.6 is 11.6 Å². The molecule has 1 aliphatic rings. The molecule has 2 heterocycles. The Morgan fingerprint density at radius 3 is 2.51 bits per heavy atom. The predicted octanol–water partition coefficient (Wildman–Crippen LogP) is 5.65. The van der Waals surface area contributed by atoms with Crippen LogP contribution in [0.15, 0.2) is 91.0 Å². The van der Waals surface area contributed by atoms with Gasteiger partial charge < -0.3 is 10.1 Å². The zero-order valence-electron chi connectivity index (χ0n) is 18.9. The summed E-state index contributed by atoms with van der Waals surface area (Å²) in [5.74, 6) is 1.16. The van der Waals surface area contributed by atoms with E-state index in [1.54, 1.807) is 17.9 Å². The van der Waals surface area contributed by atoms with E-state index in [0.717, 1.165) is 28.1 Å². The van der Waals surface area contributed by atoms with E-state index in [2.05, 4.69) is 26.8 Å². The first-order valence-electron chi connectivity index (χ1n) is 11.0. The summed E-state index contributed by atoms with van der Waals surface area (Å²) < 4.78 is 6.91. The topological polar surface area (TPSA) is 81.1 Å². The molecule has 8 heteroatoms. The van der Waals surface area contributed by atoms with E-state index in [9.17, 15) is 4.79 Å².